The van der Waals surface area contributed by atoms with E-state index in [-0.39, 0.29) is 5.91 Å². The molecule has 2 aromatic rings. The SMILES string of the molecule is C=C1C(=O)Nc2cc(Cl)c(-c3ccc(CC)cc3)cc21.CC1=CC(C)=NC1. The van der Waals surface area contributed by atoms with Crippen LogP contribution in [0.1, 0.15) is 31.9 Å². The van der Waals surface area contributed by atoms with Crippen LogP contribution in [0.3, 0.4) is 0 Å². The molecule has 2 heterocycles. The number of fused-ring (bicyclic) bond motifs is 1. The standard InChI is InChI=1S/C17H14ClNO.C6H9N/c1-3-11-4-6-12(7-5-11)14-8-13-10(2)17(20)19-16(13)9-15(14)18;1-5-3-6(2)7-4-5/h4-9H,2-3H2,1H3,(H,19,20);3H,4H2,1-2H3. The first kappa shape index (κ1) is 19.1. The van der Waals surface area contributed by atoms with Crippen molar-refractivity contribution in [1.29, 1.82) is 0 Å². The first-order valence-corrected chi connectivity index (χ1v) is 9.38. The fourth-order valence-electron chi connectivity index (χ4n) is 3.08. The van der Waals surface area contributed by atoms with Gasteiger partial charge in [0.2, 0.25) is 0 Å². The van der Waals surface area contributed by atoms with E-state index in [1.165, 1.54) is 11.1 Å². The molecule has 0 bridgehead atoms. The number of hydrogen-bond acceptors (Lipinski definition) is 2. The van der Waals surface area contributed by atoms with Crippen LogP contribution in [0.5, 0.6) is 0 Å². The molecule has 2 aromatic carbocycles. The molecule has 0 saturated carbocycles. The highest BCUT2D eigenvalue weighted by Gasteiger charge is 2.24. The number of amides is 1. The number of aryl methyl sites for hydroxylation is 1. The summed E-state index contributed by atoms with van der Waals surface area (Å²) in [7, 11) is 0. The summed E-state index contributed by atoms with van der Waals surface area (Å²) in [5.74, 6) is -0.158. The fraction of sp³-hybridized carbons (Fsp3) is 0.217. The van der Waals surface area contributed by atoms with Gasteiger partial charge in [-0.1, -0.05) is 54.9 Å². The molecule has 0 spiro atoms. The summed E-state index contributed by atoms with van der Waals surface area (Å²) in [4.78, 5) is 15.8. The Bertz CT molecular complexity index is 969. The van der Waals surface area contributed by atoms with Crippen LogP contribution in [0.2, 0.25) is 5.02 Å². The van der Waals surface area contributed by atoms with E-state index in [4.69, 9.17) is 11.6 Å². The zero-order valence-electron chi connectivity index (χ0n) is 15.9. The molecule has 1 amide bonds. The molecule has 0 atom stereocenters. The van der Waals surface area contributed by atoms with Crippen LogP contribution < -0.4 is 5.32 Å². The van der Waals surface area contributed by atoms with E-state index in [9.17, 15) is 4.79 Å². The molecule has 2 aliphatic heterocycles. The lowest BCUT2D eigenvalue weighted by Gasteiger charge is -2.08. The van der Waals surface area contributed by atoms with E-state index in [1.54, 1.807) is 6.07 Å². The Morgan fingerprint density at radius 2 is 1.85 bits per heavy atom. The largest absolute Gasteiger partial charge is 0.321 e. The number of carbonyl (C=O) groups excluding carboxylic acids is 1. The van der Waals surface area contributed by atoms with Gasteiger partial charge in [0.15, 0.2) is 0 Å². The van der Waals surface area contributed by atoms with Crippen molar-refractivity contribution >= 4 is 34.5 Å². The third-order valence-electron chi connectivity index (χ3n) is 4.66. The number of carbonyl (C=O) groups is 1. The molecule has 0 radical (unpaired) electrons. The van der Waals surface area contributed by atoms with Gasteiger partial charge in [-0.3, -0.25) is 9.79 Å². The van der Waals surface area contributed by atoms with Crippen LogP contribution in [-0.2, 0) is 11.2 Å². The maximum atomic E-state index is 11.6. The first-order chi connectivity index (χ1) is 12.9. The van der Waals surface area contributed by atoms with E-state index >= 15 is 0 Å². The van der Waals surface area contributed by atoms with Gasteiger partial charge in [0, 0.05) is 22.4 Å². The second-order valence-corrected chi connectivity index (χ2v) is 7.22. The third-order valence-corrected chi connectivity index (χ3v) is 4.97. The summed E-state index contributed by atoms with van der Waals surface area (Å²) < 4.78 is 0. The number of rotatable bonds is 2. The normalized spacial score (nSPS) is 14.8. The maximum Gasteiger partial charge on any atom is 0.255 e. The third kappa shape index (κ3) is 4.20. The number of nitrogens with one attached hydrogen (secondary N) is 1. The summed E-state index contributed by atoms with van der Waals surface area (Å²) >= 11 is 6.33. The van der Waals surface area contributed by atoms with E-state index < -0.39 is 0 Å². The van der Waals surface area contributed by atoms with Gasteiger partial charge in [-0.15, -0.1) is 0 Å². The van der Waals surface area contributed by atoms with Gasteiger partial charge in [0.05, 0.1) is 17.3 Å². The molecular weight excluding hydrogens is 356 g/mol. The molecule has 1 N–H and O–H groups in total. The van der Waals surface area contributed by atoms with Crippen LogP contribution in [0.15, 0.2) is 59.6 Å². The predicted octanol–water partition coefficient (Wildman–Crippen LogP) is 5.94. The average molecular weight is 379 g/mol. The number of benzene rings is 2. The molecule has 27 heavy (non-hydrogen) atoms. The number of aliphatic imine (C=N–C) groups is 1. The zero-order chi connectivity index (χ0) is 19.6. The monoisotopic (exact) mass is 378 g/mol. The zero-order valence-corrected chi connectivity index (χ0v) is 16.7. The Hall–Kier alpha value is -2.65. The number of hydrogen-bond donors (Lipinski definition) is 1. The number of halogens is 1. The summed E-state index contributed by atoms with van der Waals surface area (Å²) in [6.45, 7) is 11.0. The van der Waals surface area contributed by atoms with Crippen LogP contribution in [0.4, 0.5) is 5.69 Å². The molecule has 4 heteroatoms. The Labute approximate surface area is 165 Å². The van der Waals surface area contributed by atoms with E-state index in [0.717, 1.165) is 41.1 Å². The van der Waals surface area contributed by atoms with Crippen LogP contribution in [-0.4, -0.2) is 18.2 Å². The highest BCUT2D eigenvalue weighted by molar-refractivity contribution is 6.36. The van der Waals surface area contributed by atoms with Gasteiger partial charge in [0.1, 0.15) is 0 Å². The predicted molar refractivity (Wildman–Crippen MR) is 116 cm³/mol. The van der Waals surface area contributed by atoms with Crippen LogP contribution in [0.25, 0.3) is 16.7 Å². The van der Waals surface area contributed by atoms with Crippen molar-refractivity contribution in [3.8, 4) is 11.1 Å². The number of anilines is 1. The Kier molecular flexibility index (Phi) is 5.62. The molecule has 0 unspecified atom stereocenters. The summed E-state index contributed by atoms with van der Waals surface area (Å²) in [6.07, 6.45) is 3.12. The lowest BCUT2D eigenvalue weighted by molar-refractivity contribution is -0.110. The van der Waals surface area contributed by atoms with Crippen LogP contribution >= 0.6 is 11.6 Å². The van der Waals surface area contributed by atoms with Crippen molar-refractivity contribution in [2.24, 2.45) is 4.99 Å². The minimum atomic E-state index is -0.158. The van der Waals surface area contributed by atoms with Gasteiger partial charge in [-0.25, -0.2) is 0 Å². The maximum absolute atomic E-state index is 11.6. The topological polar surface area (TPSA) is 41.5 Å². The van der Waals surface area contributed by atoms with Crippen molar-refractivity contribution in [2.45, 2.75) is 27.2 Å². The summed E-state index contributed by atoms with van der Waals surface area (Å²) in [5, 5.41) is 3.39. The van der Waals surface area contributed by atoms with Crippen molar-refractivity contribution in [2.75, 3.05) is 11.9 Å². The van der Waals surface area contributed by atoms with Crippen molar-refractivity contribution in [3.05, 3.63) is 70.8 Å². The van der Waals surface area contributed by atoms with Gasteiger partial charge in [0.25, 0.3) is 5.91 Å². The van der Waals surface area contributed by atoms with Crippen LogP contribution in [0, 0.1) is 0 Å². The highest BCUT2D eigenvalue weighted by atomic mass is 35.5. The minimum Gasteiger partial charge on any atom is -0.321 e. The van der Waals surface area contributed by atoms with E-state index in [1.807, 2.05) is 13.0 Å². The Morgan fingerprint density at radius 1 is 1.15 bits per heavy atom. The molecular formula is C23H23ClN2O. The van der Waals surface area contributed by atoms with Crippen molar-refractivity contribution in [3.63, 3.8) is 0 Å². The Morgan fingerprint density at radius 3 is 2.37 bits per heavy atom. The molecule has 0 aliphatic carbocycles. The molecule has 0 aromatic heterocycles. The average Bonchev–Trinajstić information content (AvgIpc) is 3.16. The summed E-state index contributed by atoms with van der Waals surface area (Å²) in [6, 6.07) is 12.0. The van der Waals surface area contributed by atoms with E-state index in [0.29, 0.717) is 10.6 Å². The highest BCUT2D eigenvalue weighted by Crippen LogP contribution is 2.39. The molecule has 2 aliphatic rings. The molecule has 0 fully saturated rings. The lowest BCUT2D eigenvalue weighted by atomic mass is 9.99. The molecule has 0 saturated heterocycles. The smallest absolute Gasteiger partial charge is 0.255 e. The fourth-order valence-corrected chi connectivity index (χ4v) is 3.36. The van der Waals surface area contributed by atoms with Gasteiger partial charge in [-0.05, 0) is 49.6 Å². The van der Waals surface area contributed by atoms with Gasteiger partial charge < -0.3 is 5.32 Å². The molecule has 138 valence electrons. The summed E-state index contributed by atoms with van der Waals surface area (Å²) in [5.41, 5.74) is 7.84. The van der Waals surface area contributed by atoms with Gasteiger partial charge >= 0.3 is 0 Å². The molecule has 3 nitrogen and oxygen atoms in total. The van der Waals surface area contributed by atoms with Crippen molar-refractivity contribution in [1.82, 2.24) is 0 Å². The molecule has 4 rings (SSSR count). The first-order valence-electron chi connectivity index (χ1n) is 9.00. The second kappa shape index (κ2) is 7.93. The lowest BCUT2D eigenvalue weighted by Crippen LogP contribution is -2.02. The number of nitrogens with zero attached hydrogens (tertiary/aromatic N) is 1. The Balaban J connectivity index is 0.000000253. The number of allylic oxidation sites excluding steroid dienone is 1. The van der Waals surface area contributed by atoms with Gasteiger partial charge in [-0.2, -0.15) is 0 Å². The minimum absolute atomic E-state index is 0.158. The quantitative estimate of drug-likeness (QED) is 0.645. The van der Waals surface area contributed by atoms with Crippen molar-refractivity contribution < 1.29 is 4.79 Å². The van der Waals surface area contributed by atoms with E-state index in [2.05, 4.69) is 61.1 Å². The second-order valence-electron chi connectivity index (χ2n) is 6.81.